The summed E-state index contributed by atoms with van der Waals surface area (Å²) in [4.78, 5) is -0.109. The van der Waals surface area contributed by atoms with Crippen LogP contribution >= 0.6 is 11.6 Å². The number of nitrogen functional groups attached to an aromatic ring is 1. The summed E-state index contributed by atoms with van der Waals surface area (Å²) in [7, 11) is -2.41. The third kappa shape index (κ3) is 4.32. The number of nitrogens with one attached hydrogen (secondary N) is 1. The number of ether oxygens (including phenoxy) is 1. The Balaban J connectivity index is 2.92. The topological polar surface area (TPSA) is 102 Å². The molecular weight excluding hydrogens is 292 g/mol. The van der Waals surface area contributed by atoms with E-state index in [0.717, 1.165) is 0 Å². The standard InChI is InChI=1S/C11H17ClN2O4S/c1-7-3-9(12)11(4-10(7)13)19(16,17)14-5-8(15)6-18-2/h3-4,8,14-15H,5-6,13H2,1-2H3. The van der Waals surface area contributed by atoms with Gasteiger partial charge in [-0.1, -0.05) is 11.6 Å². The van der Waals surface area contributed by atoms with Crippen LogP contribution in [-0.2, 0) is 14.8 Å². The number of halogens is 1. The largest absolute Gasteiger partial charge is 0.398 e. The van der Waals surface area contributed by atoms with E-state index in [1.807, 2.05) is 0 Å². The van der Waals surface area contributed by atoms with E-state index < -0.39 is 16.1 Å². The molecule has 0 fully saturated rings. The summed E-state index contributed by atoms with van der Waals surface area (Å²) in [5.41, 5.74) is 6.70. The average Bonchev–Trinajstić information content (AvgIpc) is 2.31. The summed E-state index contributed by atoms with van der Waals surface area (Å²) in [6.07, 6.45) is -0.929. The van der Waals surface area contributed by atoms with Crippen LogP contribution in [-0.4, -0.2) is 39.9 Å². The monoisotopic (exact) mass is 308 g/mol. The number of aryl methyl sites for hydroxylation is 1. The molecule has 0 saturated heterocycles. The first-order chi connectivity index (χ1) is 8.77. The molecule has 0 heterocycles. The third-order valence-electron chi connectivity index (χ3n) is 2.48. The van der Waals surface area contributed by atoms with Crippen LogP contribution in [0.25, 0.3) is 0 Å². The molecule has 8 heteroatoms. The molecule has 1 aromatic rings. The lowest BCUT2D eigenvalue weighted by atomic mass is 10.2. The van der Waals surface area contributed by atoms with Gasteiger partial charge in [0.15, 0.2) is 0 Å². The lowest BCUT2D eigenvalue weighted by Crippen LogP contribution is -2.34. The zero-order valence-electron chi connectivity index (χ0n) is 10.7. The molecule has 0 aliphatic carbocycles. The van der Waals surface area contributed by atoms with Crippen LogP contribution in [0.2, 0.25) is 5.02 Å². The Labute approximate surface area is 117 Å². The molecule has 4 N–H and O–H groups in total. The minimum absolute atomic E-state index is 0.0340. The maximum atomic E-state index is 12.0. The van der Waals surface area contributed by atoms with Crippen molar-refractivity contribution in [3.8, 4) is 0 Å². The molecule has 0 amide bonds. The number of aliphatic hydroxyl groups excluding tert-OH is 1. The summed E-state index contributed by atoms with van der Waals surface area (Å²) in [6.45, 7) is 1.60. The fourth-order valence-electron chi connectivity index (χ4n) is 1.41. The second kappa shape index (κ2) is 6.53. The van der Waals surface area contributed by atoms with Gasteiger partial charge in [0.25, 0.3) is 0 Å². The zero-order chi connectivity index (χ0) is 14.6. The molecular formula is C11H17ClN2O4S. The lowest BCUT2D eigenvalue weighted by Gasteiger charge is -2.13. The highest BCUT2D eigenvalue weighted by atomic mass is 35.5. The number of methoxy groups -OCH3 is 1. The Morgan fingerprint density at radius 3 is 2.74 bits per heavy atom. The Kier molecular flexibility index (Phi) is 5.57. The average molecular weight is 309 g/mol. The zero-order valence-corrected chi connectivity index (χ0v) is 12.3. The molecule has 0 spiro atoms. The summed E-state index contributed by atoms with van der Waals surface area (Å²) >= 11 is 5.90. The summed E-state index contributed by atoms with van der Waals surface area (Å²) in [5.74, 6) is 0. The van der Waals surface area contributed by atoms with Crippen molar-refractivity contribution < 1.29 is 18.3 Å². The number of sulfonamides is 1. The number of hydrogen-bond donors (Lipinski definition) is 3. The molecule has 0 radical (unpaired) electrons. The van der Waals surface area contributed by atoms with Gasteiger partial charge >= 0.3 is 0 Å². The van der Waals surface area contributed by atoms with Crippen LogP contribution in [0.15, 0.2) is 17.0 Å². The van der Waals surface area contributed by atoms with Gasteiger partial charge in [-0.15, -0.1) is 0 Å². The van der Waals surface area contributed by atoms with E-state index in [9.17, 15) is 13.5 Å². The van der Waals surface area contributed by atoms with E-state index in [0.29, 0.717) is 11.3 Å². The first-order valence-electron chi connectivity index (χ1n) is 5.50. The van der Waals surface area contributed by atoms with Crippen LogP contribution in [0.5, 0.6) is 0 Å². The van der Waals surface area contributed by atoms with Crippen LogP contribution in [0, 0.1) is 6.92 Å². The van der Waals surface area contributed by atoms with Gasteiger partial charge in [0.05, 0.1) is 17.7 Å². The first kappa shape index (κ1) is 16.2. The number of rotatable bonds is 6. The Hall–Kier alpha value is -0.860. The number of aliphatic hydroxyl groups is 1. The van der Waals surface area contributed by atoms with E-state index in [1.165, 1.54) is 19.2 Å². The van der Waals surface area contributed by atoms with E-state index in [-0.39, 0.29) is 23.1 Å². The van der Waals surface area contributed by atoms with E-state index in [4.69, 9.17) is 22.1 Å². The summed E-state index contributed by atoms with van der Waals surface area (Å²) < 4.78 is 31.0. The van der Waals surface area contributed by atoms with E-state index >= 15 is 0 Å². The van der Waals surface area contributed by atoms with Crippen molar-refractivity contribution in [2.75, 3.05) is 26.0 Å². The molecule has 1 aromatic carbocycles. The number of nitrogens with two attached hydrogens (primary N) is 1. The van der Waals surface area contributed by atoms with E-state index in [1.54, 1.807) is 6.92 Å². The molecule has 1 atom stereocenters. The maximum Gasteiger partial charge on any atom is 0.242 e. The quantitative estimate of drug-likeness (QED) is 0.665. The number of benzene rings is 1. The molecule has 108 valence electrons. The van der Waals surface area contributed by atoms with Crippen molar-refractivity contribution in [1.29, 1.82) is 0 Å². The van der Waals surface area contributed by atoms with Crippen LogP contribution in [0.3, 0.4) is 0 Å². The van der Waals surface area contributed by atoms with Gasteiger partial charge in [0, 0.05) is 19.3 Å². The minimum atomic E-state index is -3.82. The first-order valence-corrected chi connectivity index (χ1v) is 7.36. The van der Waals surface area contributed by atoms with Crippen molar-refractivity contribution in [2.24, 2.45) is 0 Å². The molecule has 0 aliphatic heterocycles. The van der Waals surface area contributed by atoms with Gasteiger partial charge in [0.2, 0.25) is 10.0 Å². The van der Waals surface area contributed by atoms with Crippen molar-refractivity contribution in [3.63, 3.8) is 0 Å². The van der Waals surface area contributed by atoms with Crippen molar-refractivity contribution >= 4 is 27.3 Å². The maximum absolute atomic E-state index is 12.0. The van der Waals surface area contributed by atoms with Gasteiger partial charge in [0.1, 0.15) is 4.90 Å². The SMILES string of the molecule is COCC(O)CNS(=O)(=O)c1cc(N)c(C)cc1Cl. The minimum Gasteiger partial charge on any atom is -0.398 e. The fraction of sp³-hybridized carbons (Fsp3) is 0.455. The molecule has 19 heavy (non-hydrogen) atoms. The van der Waals surface area contributed by atoms with Gasteiger partial charge in [-0.2, -0.15) is 0 Å². The van der Waals surface area contributed by atoms with Gasteiger partial charge in [-0.05, 0) is 24.6 Å². The lowest BCUT2D eigenvalue weighted by molar-refractivity contribution is 0.0679. The highest BCUT2D eigenvalue weighted by Crippen LogP contribution is 2.26. The Morgan fingerprint density at radius 2 is 2.16 bits per heavy atom. The molecule has 6 nitrogen and oxygen atoms in total. The van der Waals surface area contributed by atoms with E-state index in [2.05, 4.69) is 4.72 Å². The summed E-state index contributed by atoms with van der Waals surface area (Å²) in [5, 5.41) is 9.50. The van der Waals surface area contributed by atoms with Gasteiger partial charge in [-0.25, -0.2) is 13.1 Å². The van der Waals surface area contributed by atoms with Crippen LogP contribution in [0.1, 0.15) is 5.56 Å². The number of anilines is 1. The number of hydrogen-bond acceptors (Lipinski definition) is 5. The van der Waals surface area contributed by atoms with Gasteiger partial charge in [-0.3, -0.25) is 0 Å². The molecule has 0 bridgehead atoms. The smallest absolute Gasteiger partial charge is 0.242 e. The Bertz CT molecular complexity index is 548. The molecule has 1 unspecified atom stereocenters. The third-order valence-corrected chi connectivity index (χ3v) is 4.37. The second-order valence-electron chi connectivity index (χ2n) is 4.10. The van der Waals surface area contributed by atoms with Crippen molar-refractivity contribution in [3.05, 3.63) is 22.7 Å². The Morgan fingerprint density at radius 1 is 1.53 bits per heavy atom. The van der Waals surface area contributed by atoms with Crippen LogP contribution < -0.4 is 10.5 Å². The highest BCUT2D eigenvalue weighted by Gasteiger charge is 2.20. The predicted molar refractivity (Wildman–Crippen MR) is 73.7 cm³/mol. The van der Waals surface area contributed by atoms with Crippen LogP contribution in [0.4, 0.5) is 5.69 Å². The molecule has 0 aromatic heterocycles. The second-order valence-corrected chi connectivity index (χ2v) is 6.24. The molecule has 1 rings (SSSR count). The normalized spacial score (nSPS) is 13.5. The highest BCUT2D eigenvalue weighted by molar-refractivity contribution is 7.89. The van der Waals surface area contributed by atoms with Crippen molar-refractivity contribution in [1.82, 2.24) is 4.72 Å². The molecule has 0 saturated carbocycles. The predicted octanol–water partition coefficient (Wildman–Crippen LogP) is 0.516. The summed E-state index contributed by atoms with van der Waals surface area (Å²) in [6, 6.07) is 2.78. The fourth-order valence-corrected chi connectivity index (χ4v) is 3.10. The molecule has 0 aliphatic rings. The van der Waals surface area contributed by atoms with Gasteiger partial charge < -0.3 is 15.6 Å². The van der Waals surface area contributed by atoms with Crippen molar-refractivity contribution in [2.45, 2.75) is 17.9 Å².